The summed E-state index contributed by atoms with van der Waals surface area (Å²) in [7, 11) is 0. The molecular weight excluding hydrogens is 381 g/mol. The topological polar surface area (TPSA) is 66.9 Å². The molecule has 0 radical (unpaired) electrons. The average molecular weight is 393 g/mol. The molecule has 1 amide bonds. The molecular formula is C18H12ClF3N4O. The number of rotatable bonds is 4. The Hall–Kier alpha value is -3.13. The third-order valence-electron chi connectivity index (χ3n) is 3.48. The van der Waals surface area contributed by atoms with Gasteiger partial charge in [0.1, 0.15) is 0 Å². The predicted octanol–water partition coefficient (Wildman–Crippen LogP) is 5.14. The third-order valence-corrected chi connectivity index (χ3v) is 3.74. The highest BCUT2D eigenvalue weighted by Crippen LogP contribution is 2.29. The van der Waals surface area contributed by atoms with Crippen molar-refractivity contribution in [2.24, 2.45) is 0 Å². The molecule has 1 heterocycles. The molecule has 1 aromatic heterocycles. The lowest BCUT2D eigenvalue weighted by atomic mass is 10.2. The first-order valence-corrected chi connectivity index (χ1v) is 8.02. The molecule has 0 unspecified atom stereocenters. The highest BCUT2D eigenvalue weighted by atomic mass is 35.5. The number of alkyl halides is 3. The van der Waals surface area contributed by atoms with Crippen LogP contribution in [-0.4, -0.2) is 15.9 Å². The standard InChI is InChI=1S/C18H12ClF3N4O/c19-13-3-7-15(8-4-13)26-17-23-9-11(10-24-17)16(27)25-14-5-1-12(2-6-14)18(20,21)22/h1-10H,(H,25,27)(H,23,24,26). The van der Waals surface area contributed by atoms with Crippen LogP contribution in [0.25, 0.3) is 0 Å². The maximum atomic E-state index is 12.5. The van der Waals surface area contributed by atoms with Crippen molar-refractivity contribution in [1.82, 2.24) is 9.97 Å². The molecule has 0 saturated carbocycles. The zero-order chi connectivity index (χ0) is 19.4. The molecule has 0 fully saturated rings. The van der Waals surface area contributed by atoms with E-state index in [1.165, 1.54) is 24.5 Å². The van der Waals surface area contributed by atoms with Crippen LogP contribution in [0.1, 0.15) is 15.9 Å². The van der Waals surface area contributed by atoms with E-state index in [9.17, 15) is 18.0 Å². The molecule has 0 saturated heterocycles. The number of carbonyl (C=O) groups is 1. The lowest BCUT2D eigenvalue weighted by Crippen LogP contribution is -2.13. The van der Waals surface area contributed by atoms with E-state index in [0.29, 0.717) is 5.02 Å². The lowest BCUT2D eigenvalue weighted by molar-refractivity contribution is -0.137. The van der Waals surface area contributed by atoms with Crippen LogP contribution in [0.5, 0.6) is 0 Å². The fourth-order valence-electron chi connectivity index (χ4n) is 2.12. The number of benzene rings is 2. The van der Waals surface area contributed by atoms with Crippen molar-refractivity contribution in [3.63, 3.8) is 0 Å². The van der Waals surface area contributed by atoms with Crippen LogP contribution < -0.4 is 10.6 Å². The third kappa shape index (κ3) is 4.95. The Bertz CT molecular complexity index is 927. The van der Waals surface area contributed by atoms with Crippen molar-refractivity contribution in [1.29, 1.82) is 0 Å². The highest BCUT2D eigenvalue weighted by Gasteiger charge is 2.30. The molecule has 3 rings (SSSR count). The molecule has 27 heavy (non-hydrogen) atoms. The van der Waals surface area contributed by atoms with E-state index in [2.05, 4.69) is 20.6 Å². The molecule has 0 atom stereocenters. The van der Waals surface area contributed by atoms with E-state index in [4.69, 9.17) is 11.6 Å². The van der Waals surface area contributed by atoms with Gasteiger partial charge in [-0.05, 0) is 48.5 Å². The monoisotopic (exact) mass is 392 g/mol. The van der Waals surface area contributed by atoms with Gasteiger partial charge >= 0.3 is 6.18 Å². The number of anilines is 3. The van der Waals surface area contributed by atoms with Crippen LogP contribution in [0, 0.1) is 0 Å². The van der Waals surface area contributed by atoms with Gasteiger partial charge in [-0.3, -0.25) is 4.79 Å². The van der Waals surface area contributed by atoms with Crippen molar-refractivity contribution in [3.05, 3.63) is 77.1 Å². The second-order valence-electron chi connectivity index (χ2n) is 5.46. The summed E-state index contributed by atoms with van der Waals surface area (Å²) in [5.74, 6) is -0.254. The zero-order valence-electron chi connectivity index (χ0n) is 13.6. The summed E-state index contributed by atoms with van der Waals surface area (Å²) in [6, 6.07) is 11.0. The maximum Gasteiger partial charge on any atom is 0.416 e. The van der Waals surface area contributed by atoms with Crippen molar-refractivity contribution in [3.8, 4) is 0 Å². The molecule has 0 spiro atoms. The zero-order valence-corrected chi connectivity index (χ0v) is 14.3. The van der Waals surface area contributed by atoms with Crippen molar-refractivity contribution < 1.29 is 18.0 Å². The van der Waals surface area contributed by atoms with E-state index in [1.54, 1.807) is 24.3 Å². The van der Waals surface area contributed by atoms with Crippen LogP contribution in [0.2, 0.25) is 5.02 Å². The molecule has 5 nitrogen and oxygen atoms in total. The fourth-order valence-corrected chi connectivity index (χ4v) is 2.24. The van der Waals surface area contributed by atoms with Crippen molar-refractivity contribution in [2.75, 3.05) is 10.6 Å². The summed E-state index contributed by atoms with van der Waals surface area (Å²) in [4.78, 5) is 20.2. The molecule has 138 valence electrons. The van der Waals surface area contributed by atoms with Crippen LogP contribution in [0.15, 0.2) is 60.9 Å². The molecule has 0 aliphatic rings. The number of aromatic nitrogens is 2. The van der Waals surface area contributed by atoms with Gasteiger partial charge in [0.15, 0.2) is 0 Å². The Balaban J connectivity index is 1.64. The predicted molar refractivity (Wildman–Crippen MR) is 96.2 cm³/mol. The van der Waals surface area contributed by atoms with Gasteiger partial charge in [0.25, 0.3) is 5.91 Å². The van der Waals surface area contributed by atoms with Gasteiger partial charge in [-0.15, -0.1) is 0 Å². The summed E-state index contributed by atoms with van der Waals surface area (Å²) in [5.41, 5.74) is 0.329. The molecule has 0 bridgehead atoms. The van der Waals surface area contributed by atoms with Crippen LogP contribution in [0.3, 0.4) is 0 Å². The van der Waals surface area contributed by atoms with Crippen LogP contribution in [0.4, 0.5) is 30.5 Å². The van der Waals surface area contributed by atoms with E-state index >= 15 is 0 Å². The van der Waals surface area contributed by atoms with E-state index in [1.807, 2.05) is 0 Å². The first-order valence-electron chi connectivity index (χ1n) is 7.64. The number of nitrogens with one attached hydrogen (secondary N) is 2. The second kappa shape index (κ2) is 7.63. The normalized spacial score (nSPS) is 11.1. The van der Waals surface area contributed by atoms with Crippen LogP contribution >= 0.6 is 11.6 Å². The average Bonchev–Trinajstić information content (AvgIpc) is 2.64. The molecule has 0 aliphatic carbocycles. The van der Waals surface area contributed by atoms with Crippen LogP contribution in [-0.2, 0) is 6.18 Å². The van der Waals surface area contributed by atoms with Gasteiger partial charge in [0.2, 0.25) is 5.95 Å². The van der Waals surface area contributed by atoms with Gasteiger partial charge in [0, 0.05) is 28.8 Å². The Morgan fingerprint density at radius 2 is 1.44 bits per heavy atom. The molecule has 0 aliphatic heterocycles. The number of carbonyl (C=O) groups excluding carboxylic acids is 1. The van der Waals surface area contributed by atoms with E-state index < -0.39 is 17.6 Å². The second-order valence-corrected chi connectivity index (χ2v) is 5.89. The Labute approximate surface area is 157 Å². The molecule has 2 N–H and O–H groups in total. The number of hydrogen-bond acceptors (Lipinski definition) is 4. The summed E-state index contributed by atoms with van der Waals surface area (Å²) >= 11 is 5.81. The number of amides is 1. The minimum Gasteiger partial charge on any atom is -0.324 e. The van der Waals surface area contributed by atoms with E-state index in [-0.39, 0.29) is 17.2 Å². The minimum absolute atomic E-state index is 0.163. The lowest BCUT2D eigenvalue weighted by Gasteiger charge is -2.09. The van der Waals surface area contributed by atoms with Gasteiger partial charge in [-0.25, -0.2) is 9.97 Å². The number of nitrogens with zero attached hydrogens (tertiary/aromatic N) is 2. The van der Waals surface area contributed by atoms with Crippen molar-refractivity contribution in [2.45, 2.75) is 6.18 Å². The summed E-state index contributed by atoms with van der Waals surface area (Å²) in [5, 5.41) is 6.03. The Kier molecular flexibility index (Phi) is 5.27. The quantitative estimate of drug-likeness (QED) is 0.644. The summed E-state index contributed by atoms with van der Waals surface area (Å²) in [6.07, 6.45) is -1.81. The fraction of sp³-hybridized carbons (Fsp3) is 0.0556. The maximum absolute atomic E-state index is 12.5. The first-order chi connectivity index (χ1) is 12.8. The largest absolute Gasteiger partial charge is 0.416 e. The van der Waals surface area contributed by atoms with Crippen molar-refractivity contribution >= 4 is 34.8 Å². The van der Waals surface area contributed by atoms with Gasteiger partial charge in [-0.1, -0.05) is 11.6 Å². The number of hydrogen-bond donors (Lipinski definition) is 2. The SMILES string of the molecule is O=C(Nc1ccc(C(F)(F)F)cc1)c1cnc(Nc2ccc(Cl)cc2)nc1. The summed E-state index contributed by atoms with van der Waals surface area (Å²) in [6.45, 7) is 0. The summed E-state index contributed by atoms with van der Waals surface area (Å²) < 4.78 is 37.6. The highest BCUT2D eigenvalue weighted by molar-refractivity contribution is 6.30. The number of halogens is 4. The van der Waals surface area contributed by atoms with Gasteiger partial charge in [-0.2, -0.15) is 13.2 Å². The molecule has 2 aromatic carbocycles. The van der Waals surface area contributed by atoms with Gasteiger partial charge in [0.05, 0.1) is 11.1 Å². The van der Waals surface area contributed by atoms with Gasteiger partial charge < -0.3 is 10.6 Å². The smallest absolute Gasteiger partial charge is 0.324 e. The first kappa shape index (κ1) is 18.7. The molecule has 3 aromatic rings. The minimum atomic E-state index is -4.43. The molecule has 9 heteroatoms. The Morgan fingerprint density at radius 1 is 0.889 bits per heavy atom. The Morgan fingerprint density at radius 3 is 2.00 bits per heavy atom. The van der Waals surface area contributed by atoms with E-state index in [0.717, 1.165) is 17.8 Å².